The second kappa shape index (κ2) is 8.09. The van der Waals surface area contributed by atoms with Crippen LogP contribution in [-0.4, -0.2) is 37.2 Å². The number of carbonyl (C=O) groups excluding carboxylic acids is 1. The van der Waals surface area contributed by atoms with Crippen molar-refractivity contribution in [1.82, 2.24) is 5.32 Å². The van der Waals surface area contributed by atoms with Crippen LogP contribution >= 0.6 is 15.9 Å². The SMILES string of the molecule is O=C(NCCOCCBr)C1CCCC(C(F)(F)F)C1. The predicted octanol–water partition coefficient (Wildman–Crippen LogP) is 2.88. The molecule has 2 atom stereocenters. The van der Waals surface area contributed by atoms with E-state index in [0.29, 0.717) is 32.6 Å². The minimum absolute atomic E-state index is 0.0857. The van der Waals surface area contributed by atoms with E-state index in [0.717, 1.165) is 5.33 Å². The van der Waals surface area contributed by atoms with Crippen molar-refractivity contribution < 1.29 is 22.7 Å². The molecule has 1 N–H and O–H groups in total. The molecule has 1 amide bonds. The Balaban J connectivity index is 2.28. The summed E-state index contributed by atoms with van der Waals surface area (Å²) < 4.78 is 43.0. The monoisotopic (exact) mass is 345 g/mol. The fourth-order valence-electron chi connectivity index (χ4n) is 2.27. The first kappa shape index (κ1) is 16.8. The van der Waals surface area contributed by atoms with Gasteiger partial charge in [-0.15, -0.1) is 0 Å². The quantitative estimate of drug-likeness (QED) is 0.593. The average Bonchev–Trinajstić information content (AvgIpc) is 2.37. The van der Waals surface area contributed by atoms with Crippen molar-refractivity contribution in [3.8, 4) is 0 Å². The first-order valence-corrected chi connectivity index (χ1v) is 7.55. The summed E-state index contributed by atoms with van der Waals surface area (Å²) in [5, 5.41) is 3.36. The summed E-state index contributed by atoms with van der Waals surface area (Å²) in [6.45, 7) is 1.28. The normalized spacial score (nSPS) is 24.2. The third-order valence-electron chi connectivity index (χ3n) is 3.28. The second-order valence-corrected chi connectivity index (χ2v) is 5.49. The summed E-state index contributed by atoms with van der Waals surface area (Å²) in [6, 6.07) is 0. The molecule has 3 nitrogen and oxygen atoms in total. The van der Waals surface area contributed by atoms with Crippen molar-refractivity contribution in [2.24, 2.45) is 11.8 Å². The van der Waals surface area contributed by atoms with Crippen LogP contribution in [0.1, 0.15) is 25.7 Å². The van der Waals surface area contributed by atoms with E-state index in [-0.39, 0.29) is 18.7 Å². The summed E-state index contributed by atoms with van der Waals surface area (Å²) >= 11 is 3.20. The number of amides is 1. The van der Waals surface area contributed by atoms with Gasteiger partial charge in [0.1, 0.15) is 0 Å². The van der Waals surface area contributed by atoms with Gasteiger partial charge in [-0.1, -0.05) is 22.4 Å². The number of alkyl halides is 4. The number of nitrogens with one attached hydrogen (secondary N) is 1. The largest absolute Gasteiger partial charge is 0.391 e. The number of carbonyl (C=O) groups is 1. The van der Waals surface area contributed by atoms with Gasteiger partial charge < -0.3 is 10.1 Å². The van der Waals surface area contributed by atoms with E-state index >= 15 is 0 Å². The molecule has 0 radical (unpaired) electrons. The van der Waals surface area contributed by atoms with Crippen LogP contribution in [0, 0.1) is 11.8 Å². The maximum absolute atomic E-state index is 12.6. The van der Waals surface area contributed by atoms with Gasteiger partial charge in [-0.2, -0.15) is 13.2 Å². The smallest absolute Gasteiger partial charge is 0.379 e. The van der Waals surface area contributed by atoms with E-state index in [1.165, 1.54) is 0 Å². The number of hydrogen-bond donors (Lipinski definition) is 1. The molecule has 1 rings (SSSR count). The lowest BCUT2D eigenvalue weighted by molar-refractivity contribution is -0.186. The fraction of sp³-hybridized carbons (Fsp3) is 0.917. The van der Waals surface area contributed by atoms with Gasteiger partial charge in [0.2, 0.25) is 5.91 Å². The van der Waals surface area contributed by atoms with E-state index in [2.05, 4.69) is 21.2 Å². The summed E-state index contributed by atoms with van der Waals surface area (Å²) in [4.78, 5) is 11.8. The average molecular weight is 346 g/mol. The molecule has 1 aliphatic carbocycles. The molecule has 7 heteroatoms. The van der Waals surface area contributed by atoms with Gasteiger partial charge in [-0.3, -0.25) is 4.79 Å². The Bertz CT molecular complexity index is 287. The minimum atomic E-state index is -4.18. The zero-order chi connectivity index (χ0) is 14.3. The molecule has 2 unspecified atom stereocenters. The molecule has 1 saturated carbocycles. The van der Waals surface area contributed by atoms with Gasteiger partial charge in [-0.25, -0.2) is 0 Å². The van der Waals surface area contributed by atoms with E-state index in [4.69, 9.17) is 4.74 Å². The second-order valence-electron chi connectivity index (χ2n) is 4.69. The Morgan fingerprint density at radius 1 is 1.32 bits per heavy atom. The third-order valence-corrected chi connectivity index (χ3v) is 3.60. The molecule has 1 aliphatic rings. The Labute approximate surface area is 119 Å². The Hall–Kier alpha value is -0.300. The molecule has 0 saturated heterocycles. The van der Waals surface area contributed by atoms with E-state index in [1.807, 2.05) is 0 Å². The topological polar surface area (TPSA) is 38.3 Å². The predicted molar refractivity (Wildman–Crippen MR) is 69.1 cm³/mol. The molecular weight excluding hydrogens is 327 g/mol. The maximum Gasteiger partial charge on any atom is 0.391 e. The van der Waals surface area contributed by atoms with Crippen molar-refractivity contribution in [2.75, 3.05) is 25.1 Å². The molecule has 0 aromatic heterocycles. The lowest BCUT2D eigenvalue weighted by Crippen LogP contribution is -2.38. The standard InChI is InChI=1S/C12H19BrF3NO2/c13-4-6-19-7-5-17-11(18)9-2-1-3-10(8-9)12(14,15)16/h9-10H,1-8H2,(H,17,18). The summed E-state index contributed by atoms with van der Waals surface area (Å²) in [6.07, 6.45) is -3.12. The van der Waals surface area contributed by atoms with Crippen LogP contribution < -0.4 is 5.32 Å². The Morgan fingerprint density at radius 3 is 2.68 bits per heavy atom. The Kier molecular flexibility index (Phi) is 7.13. The van der Waals surface area contributed by atoms with Crippen molar-refractivity contribution in [2.45, 2.75) is 31.9 Å². The molecule has 0 heterocycles. The summed E-state index contributed by atoms with van der Waals surface area (Å²) in [5.41, 5.74) is 0. The van der Waals surface area contributed by atoms with Crippen LogP contribution in [0.3, 0.4) is 0 Å². The minimum Gasteiger partial charge on any atom is -0.379 e. The maximum atomic E-state index is 12.6. The highest BCUT2D eigenvalue weighted by molar-refractivity contribution is 9.09. The van der Waals surface area contributed by atoms with Gasteiger partial charge >= 0.3 is 6.18 Å². The van der Waals surface area contributed by atoms with Crippen LogP contribution in [0.25, 0.3) is 0 Å². The highest BCUT2D eigenvalue weighted by Crippen LogP contribution is 2.39. The highest BCUT2D eigenvalue weighted by atomic mass is 79.9. The van der Waals surface area contributed by atoms with Crippen molar-refractivity contribution in [3.05, 3.63) is 0 Å². The van der Waals surface area contributed by atoms with Gasteiger partial charge in [0.25, 0.3) is 0 Å². The molecule has 0 aliphatic heterocycles. The molecule has 1 fully saturated rings. The van der Waals surface area contributed by atoms with Crippen LogP contribution in [0.15, 0.2) is 0 Å². The molecule has 112 valence electrons. The molecule has 19 heavy (non-hydrogen) atoms. The van der Waals surface area contributed by atoms with Crippen molar-refractivity contribution in [3.63, 3.8) is 0 Å². The first-order valence-electron chi connectivity index (χ1n) is 6.43. The van der Waals surface area contributed by atoms with Crippen LogP contribution in [-0.2, 0) is 9.53 Å². The molecule has 0 spiro atoms. The van der Waals surface area contributed by atoms with Crippen LogP contribution in [0.4, 0.5) is 13.2 Å². The Morgan fingerprint density at radius 2 is 2.05 bits per heavy atom. The van der Waals surface area contributed by atoms with E-state index in [1.54, 1.807) is 0 Å². The zero-order valence-corrected chi connectivity index (χ0v) is 12.2. The van der Waals surface area contributed by atoms with Gasteiger partial charge in [-0.05, 0) is 19.3 Å². The fourth-order valence-corrected chi connectivity index (χ4v) is 2.50. The van der Waals surface area contributed by atoms with Gasteiger partial charge in [0.15, 0.2) is 0 Å². The molecular formula is C12H19BrF3NO2. The lowest BCUT2D eigenvalue weighted by atomic mass is 9.80. The van der Waals surface area contributed by atoms with Crippen LogP contribution in [0.5, 0.6) is 0 Å². The number of ether oxygens (including phenoxy) is 1. The highest BCUT2D eigenvalue weighted by Gasteiger charge is 2.43. The molecule has 0 bridgehead atoms. The number of rotatable bonds is 6. The molecule has 0 aromatic rings. The van der Waals surface area contributed by atoms with Crippen molar-refractivity contribution >= 4 is 21.8 Å². The third kappa shape index (κ3) is 6.12. The van der Waals surface area contributed by atoms with Crippen molar-refractivity contribution in [1.29, 1.82) is 0 Å². The first-order chi connectivity index (χ1) is 8.95. The van der Waals surface area contributed by atoms with Crippen LogP contribution in [0.2, 0.25) is 0 Å². The van der Waals surface area contributed by atoms with Gasteiger partial charge in [0, 0.05) is 17.8 Å². The summed E-state index contributed by atoms with van der Waals surface area (Å²) in [7, 11) is 0. The number of hydrogen-bond acceptors (Lipinski definition) is 2. The summed E-state index contributed by atoms with van der Waals surface area (Å²) in [5.74, 6) is -2.13. The molecule has 0 aromatic carbocycles. The zero-order valence-electron chi connectivity index (χ0n) is 10.6. The lowest BCUT2D eigenvalue weighted by Gasteiger charge is -2.29. The van der Waals surface area contributed by atoms with Gasteiger partial charge in [0.05, 0.1) is 19.1 Å². The number of halogens is 4. The van der Waals surface area contributed by atoms with E-state index in [9.17, 15) is 18.0 Å². The van der Waals surface area contributed by atoms with E-state index < -0.39 is 18.0 Å².